The summed E-state index contributed by atoms with van der Waals surface area (Å²) in [7, 11) is 0. The number of ether oxygens (including phenoxy) is 1. The van der Waals surface area contributed by atoms with Gasteiger partial charge in [-0.2, -0.15) is 0 Å². The Labute approximate surface area is 196 Å². The van der Waals surface area contributed by atoms with E-state index < -0.39 is 0 Å². The summed E-state index contributed by atoms with van der Waals surface area (Å²) in [4.78, 5) is 20.0. The van der Waals surface area contributed by atoms with Crippen molar-refractivity contribution in [2.45, 2.75) is 31.3 Å². The molecular formula is C27H25FN2O2S. The summed E-state index contributed by atoms with van der Waals surface area (Å²) in [6, 6.07) is 25.1. The van der Waals surface area contributed by atoms with Gasteiger partial charge >= 0.3 is 0 Å². The van der Waals surface area contributed by atoms with E-state index in [1.807, 2.05) is 42.5 Å². The average Bonchev–Trinajstić information content (AvgIpc) is 3.52. The molecule has 168 valence electrons. The molecule has 1 atom stereocenters. The molecule has 1 saturated heterocycles. The lowest BCUT2D eigenvalue weighted by atomic mass is 9.88. The number of anilines is 1. The van der Waals surface area contributed by atoms with Gasteiger partial charge < -0.3 is 4.74 Å². The number of carbonyl (C=O) groups is 1. The van der Waals surface area contributed by atoms with E-state index in [2.05, 4.69) is 29.2 Å². The molecule has 1 aliphatic heterocycles. The highest BCUT2D eigenvalue weighted by molar-refractivity contribution is 7.22. The Morgan fingerprint density at radius 1 is 1.03 bits per heavy atom. The van der Waals surface area contributed by atoms with Crippen LogP contribution in [0.4, 0.5) is 9.52 Å². The molecule has 0 spiro atoms. The van der Waals surface area contributed by atoms with Crippen molar-refractivity contribution in [2.24, 2.45) is 0 Å². The van der Waals surface area contributed by atoms with Gasteiger partial charge in [0.1, 0.15) is 11.3 Å². The number of hydrogen-bond acceptors (Lipinski definition) is 4. The number of fused-ring (bicyclic) bond motifs is 1. The van der Waals surface area contributed by atoms with Crippen LogP contribution in [0.5, 0.6) is 0 Å². The van der Waals surface area contributed by atoms with E-state index in [4.69, 9.17) is 4.74 Å². The van der Waals surface area contributed by atoms with Gasteiger partial charge in [-0.1, -0.05) is 78.1 Å². The van der Waals surface area contributed by atoms with Crippen molar-refractivity contribution in [2.75, 3.05) is 18.1 Å². The van der Waals surface area contributed by atoms with Gasteiger partial charge in [0, 0.05) is 18.9 Å². The van der Waals surface area contributed by atoms with Gasteiger partial charge in [-0.15, -0.1) is 0 Å². The van der Waals surface area contributed by atoms with Crippen LogP contribution in [0.25, 0.3) is 10.2 Å². The highest BCUT2D eigenvalue weighted by atomic mass is 32.1. The van der Waals surface area contributed by atoms with Gasteiger partial charge in [0.2, 0.25) is 5.91 Å². The fraction of sp³-hybridized carbons (Fsp3) is 0.259. The molecule has 4 nitrogen and oxygen atoms in total. The first kappa shape index (κ1) is 21.7. The number of benzene rings is 3. The van der Waals surface area contributed by atoms with Crippen molar-refractivity contribution in [3.05, 3.63) is 95.8 Å². The van der Waals surface area contributed by atoms with Crippen molar-refractivity contribution in [1.82, 2.24) is 4.98 Å². The number of thiazole rings is 1. The number of nitrogens with zero attached hydrogens (tertiary/aromatic N) is 2. The fourth-order valence-corrected chi connectivity index (χ4v) is 5.39. The molecule has 1 amide bonds. The summed E-state index contributed by atoms with van der Waals surface area (Å²) >= 11 is 1.35. The Hall–Kier alpha value is -3.09. The topological polar surface area (TPSA) is 42.4 Å². The van der Waals surface area contributed by atoms with Crippen LogP contribution < -0.4 is 4.90 Å². The lowest BCUT2D eigenvalue weighted by Gasteiger charge is -2.26. The van der Waals surface area contributed by atoms with E-state index in [0.29, 0.717) is 30.2 Å². The van der Waals surface area contributed by atoms with Gasteiger partial charge in [-0.3, -0.25) is 9.69 Å². The third-order valence-corrected chi connectivity index (χ3v) is 7.13. The Morgan fingerprint density at radius 2 is 1.73 bits per heavy atom. The van der Waals surface area contributed by atoms with Crippen molar-refractivity contribution >= 4 is 32.6 Å². The summed E-state index contributed by atoms with van der Waals surface area (Å²) in [6.45, 7) is 1.13. The third kappa shape index (κ3) is 4.82. The number of aromatic nitrogens is 1. The highest BCUT2D eigenvalue weighted by Crippen LogP contribution is 2.34. The maximum atomic E-state index is 14.3. The van der Waals surface area contributed by atoms with Crippen LogP contribution in [0.15, 0.2) is 78.9 Å². The second-order valence-electron chi connectivity index (χ2n) is 8.30. The first-order chi connectivity index (χ1) is 16.2. The Bertz CT molecular complexity index is 1180. The lowest BCUT2D eigenvalue weighted by molar-refractivity contribution is -0.119. The quantitative estimate of drug-likeness (QED) is 0.331. The van der Waals surface area contributed by atoms with Gasteiger partial charge in [0.05, 0.1) is 17.3 Å². The largest absolute Gasteiger partial charge is 0.376 e. The number of amides is 1. The predicted molar refractivity (Wildman–Crippen MR) is 130 cm³/mol. The monoisotopic (exact) mass is 460 g/mol. The second kappa shape index (κ2) is 9.81. The second-order valence-corrected chi connectivity index (χ2v) is 9.31. The normalized spacial score (nSPS) is 15.9. The van der Waals surface area contributed by atoms with Gasteiger partial charge in [0.15, 0.2) is 5.13 Å². The van der Waals surface area contributed by atoms with E-state index in [-0.39, 0.29) is 23.7 Å². The number of hydrogen-bond donors (Lipinski definition) is 0. The van der Waals surface area contributed by atoms with Crippen LogP contribution in [0.2, 0.25) is 0 Å². The van der Waals surface area contributed by atoms with Crippen molar-refractivity contribution < 1.29 is 13.9 Å². The first-order valence-corrected chi connectivity index (χ1v) is 12.1. The molecule has 1 aromatic heterocycles. The number of para-hydroxylation sites is 1. The van der Waals surface area contributed by atoms with Gasteiger partial charge in [-0.25, -0.2) is 9.37 Å². The van der Waals surface area contributed by atoms with Crippen LogP contribution in [0.3, 0.4) is 0 Å². The maximum absolute atomic E-state index is 14.3. The first-order valence-electron chi connectivity index (χ1n) is 11.3. The summed E-state index contributed by atoms with van der Waals surface area (Å²) in [5.41, 5.74) is 2.49. The van der Waals surface area contributed by atoms with E-state index in [9.17, 15) is 9.18 Å². The predicted octanol–water partition coefficient (Wildman–Crippen LogP) is 6.17. The molecule has 0 saturated carbocycles. The summed E-state index contributed by atoms with van der Waals surface area (Å²) in [5, 5.41) is 0.524. The number of halogens is 1. The van der Waals surface area contributed by atoms with Crippen LogP contribution in [-0.4, -0.2) is 30.1 Å². The summed E-state index contributed by atoms with van der Waals surface area (Å²) in [6.07, 6.45) is 2.15. The standard InChI is InChI=1S/C27H25FN2O2S/c28-23-14-7-15-24-26(23)29-27(33-24)30(18-21-13-8-16-32-21)25(31)17-22(19-9-3-1-4-10-19)20-11-5-2-6-12-20/h1-7,9-12,14-15,21-22H,8,13,16-18H2. The van der Waals surface area contributed by atoms with Crippen molar-refractivity contribution in [3.8, 4) is 0 Å². The minimum absolute atomic E-state index is 0.0299. The van der Waals surface area contributed by atoms with Crippen LogP contribution >= 0.6 is 11.3 Å². The van der Waals surface area contributed by atoms with E-state index in [1.165, 1.54) is 17.4 Å². The van der Waals surface area contributed by atoms with Crippen LogP contribution in [-0.2, 0) is 9.53 Å². The molecule has 2 heterocycles. The molecule has 0 N–H and O–H groups in total. The fourth-order valence-electron chi connectivity index (χ4n) is 4.38. The third-order valence-electron chi connectivity index (χ3n) is 6.08. The number of carbonyl (C=O) groups excluding carboxylic acids is 1. The summed E-state index contributed by atoms with van der Waals surface area (Å²) in [5.74, 6) is -0.494. The molecule has 0 radical (unpaired) electrons. The average molecular weight is 461 g/mol. The van der Waals surface area contributed by atoms with Gasteiger partial charge in [0.25, 0.3) is 0 Å². The molecule has 0 bridgehead atoms. The smallest absolute Gasteiger partial charge is 0.229 e. The molecule has 5 rings (SSSR count). The zero-order valence-corrected chi connectivity index (χ0v) is 19.0. The molecule has 1 fully saturated rings. The Morgan fingerprint density at radius 3 is 2.33 bits per heavy atom. The lowest BCUT2D eigenvalue weighted by Crippen LogP contribution is -2.38. The minimum Gasteiger partial charge on any atom is -0.376 e. The van der Waals surface area contributed by atoms with Crippen LogP contribution in [0.1, 0.15) is 36.3 Å². The molecule has 0 aliphatic carbocycles. The van der Waals surface area contributed by atoms with E-state index in [0.717, 1.165) is 28.7 Å². The Kier molecular flexibility index (Phi) is 6.46. The zero-order chi connectivity index (χ0) is 22.6. The molecule has 4 aromatic rings. The van der Waals surface area contributed by atoms with E-state index in [1.54, 1.807) is 11.0 Å². The molecule has 6 heteroatoms. The SMILES string of the molecule is O=C(CC(c1ccccc1)c1ccccc1)N(CC1CCCO1)c1nc2c(F)cccc2s1. The highest BCUT2D eigenvalue weighted by Gasteiger charge is 2.29. The van der Waals surface area contributed by atoms with Gasteiger partial charge in [-0.05, 0) is 36.1 Å². The van der Waals surface area contributed by atoms with Crippen LogP contribution in [0, 0.1) is 5.82 Å². The molecular weight excluding hydrogens is 435 g/mol. The van der Waals surface area contributed by atoms with Crippen molar-refractivity contribution in [1.29, 1.82) is 0 Å². The van der Waals surface area contributed by atoms with Crippen molar-refractivity contribution in [3.63, 3.8) is 0 Å². The molecule has 33 heavy (non-hydrogen) atoms. The summed E-state index contributed by atoms with van der Waals surface area (Å²) < 4.78 is 20.9. The minimum atomic E-state index is -0.369. The number of rotatable bonds is 7. The maximum Gasteiger partial charge on any atom is 0.229 e. The zero-order valence-electron chi connectivity index (χ0n) is 18.2. The molecule has 3 aromatic carbocycles. The Balaban J connectivity index is 1.49. The molecule has 1 unspecified atom stereocenters. The van der Waals surface area contributed by atoms with E-state index >= 15 is 0 Å². The molecule has 1 aliphatic rings.